The number of thiophene rings is 1. The van der Waals surface area contributed by atoms with Crippen LogP contribution < -0.4 is 0 Å². The van der Waals surface area contributed by atoms with Crippen LogP contribution in [0.15, 0.2) is 29.0 Å². The summed E-state index contributed by atoms with van der Waals surface area (Å²) in [6.07, 6.45) is 3.66. The standard InChI is InChI=1S/C13H10BrClN4S/c1-7-9(14)3-11(20-7)13-17-10(4-12(15)18-13)8-5-16-19(2)6-8/h3-6H,1-2H3. The van der Waals surface area contributed by atoms with Gasteiger partial charge in [-0.1, -0.05) is 11.6 Å². The molecule has 7 heteroatoms. The van der Waals surface area contributed by atoms with Gasteiger partial charge in [0.05, 0.1) is 16.8 Å². The third kappa shape index (κ3) is 2.63. The van der Waals surface area contributed by atoms with Gasteiger partial charge in [0.2, 0.25) is 0 Å². The van der Waals surface area contributed by atoms with Crippen LogP contribution in [0, 0.1) is 6.92 Å². The zero-order chi connectivity index (χ0) is 14.3. The Balaban J connectivity index is 2.11. The quantitative estimate of drug-likeness (QED) is 0.631. The molecule has 0 bridgehead atoms. The fourth-order valence-corrected chi connectivity index (χ4v) is 3.45. The number of hydrogen-bond acceptors (Lipinski definition) is 4. The minimum absolute atomic E-state index is 0.427. The molecule has 0 fully saturated rings. The third-order valence-electron chi connectivity index (χ3n) is 2.77. The molecule has 0 saturated heterocycles. The van der Waals surface area contributed by atoms with Crippen LogP contribution >= 0.6 is 38.9 Å². The highest BCUT2D eigenvalue weighted by Crippen LogP contribution is 2.33. The van der Waals surface area contributed by atoms with E-state index in [4.69, 9.17) is 11.6 Å². The fraction of sp³-hybridized carbons (Fsp3) is 0.154. The van der Waals surface area contributed by atoms with Crippen molar-refractivity contribution in [1.82, 2.24) is 19.7 Å². The summed E-state index contributed by atoms with van der Waals surface area (Å²) in [5.74, 6) is 0.634. The Kier molecular flexibility index (Phi) is 3.62. The average molecular weight is 370 g/mol. The number of rotatable bonds is 2. The van der Waals surface area contributed by atoms with Crippen molar-refractivity contribution in [3.63, 3.8) is 0 Å². The molecule has 0 aromatic carbocycles. The molecule has 3 heterocycles. The maximum absolute atomic E-state index is 6.12. The molecule has 3 aromatic heterocycles. The van der Waals surface area contributed by atoms with E-state index in [1.165, 1.54) is 4.88 Å². The smallest absolute Gasteiger partial charge is 0.171 e. The SMILES string of the molecule is Cc1sc(-c2nc(Cl)cc(-c3cnn(C)c3)n2)cc1Br. The van der Waals surface area contributed by atoms with Gasteiger partial charge in [0, 0.05) is 34.2 Å². The lowest BCUT2D eigenvalue weighted by Gasteiger charge is -2.01. The number of hydrogen-bond donors (Lipinski definition) is 0. The Morgan fingerprint density at radius 1 is 1.30 bits per heavy atom. The average Bonchev–Trinajstić information content (AvgIpc) is 2.96. The molecule has 4 nitrogen and oxygen atoms in total. The van der Waals surface area contributed by atoms with Gasteiger partial charge in [0.1, 0.15) is 5.15 Å². The van der Waals surface area contributed by atoms with Crippen LogP contribution in [0.1, 0.15) is 4.88 Å². The van der Waals surface area contributed by atoms with Gasteiger partial charge in [-0.05, 0) is 28.9 Å². The highest BCUT2D eigenvalue weighted by atomic mass is 79.9. The van der Waals surface area contributed by atoms with E-state index >= 15 is 0 Å². The van der Waals surface area contributed by atoms with E-state index < -0.39 is 0 Å². The Morgan fingerprint density at radius 3 is 2.70 bits per heavy atom. The lowest BCUT2D eigenvalue weighted by molar-refractivity contribution is 0.768. The van der Waals surface area contributed by atoms with Crippen molar-refractivity contribution in [2.24, 2.45) is 7.05 Å². The second kappa shape index (κ2) is 5.27. The predicted molar refractivity (Wildman–Crippen MR) is 85.0 cm³/mol. The van der Waals surface area contributed by atoms with E-state index in [2.05, 4.69) is 31.0 Å². The maximum Gasteiger partial charge on any atom is 0.171 e. The molecule has 3 rings (SSSR count). The van der Waals surface area contributed by atoms with Crippen molar-refractivity contribution in [1.29, 1.82) is 0 Å². The van der Waals surface area contributed by atoms with Gasteiger partial charge in [-0.15, -0.1) is 11.3 Å². The van der Waals surface area contributed by atoms with Gasteiger partial charge < -0.3 is 0 Å². The van der Waals surface area contributed by atoms with Crippen molar-refractivity contribution in [2.45, 2.75) is 6.92 Å². The van der Waals surface area contributed by atoms with Crippen LogP contribution in [0.5, 0.6) is 0 Å². The molecule has 3 aromatic rings. The largest absolute Gasteiger partial charge is 0.275 e. The van der Waals surface area contributed by atoms with Gasteiger partial charge >= 0.3 is 0 Å². The molecule has 0 spiro atoms. The van der Waals surface area contributed by atoms with Crippen molar-refractivity contribution in [3.8, 4) is 22.0 Å². The third-order valence-corrected chi connectivity index (χ3v) is 5.10. The van der Waals surface area contributed by atoms with Gasteiger partial charge in [-0.25, -0.2) is 9.97 Å². The van der Waals surface area contributed by atoms with Crippen LogP contribution in [-0.4, -0.2) is 19.7 Å². The lowest BCUT2D eigenvalue weighted by Crippen LogP contribution is -1.91. The molecular formula is C13H10BrClN4S. The highest BCUT2D eigenvalue weighted by Gasteiger charge is 2.12. The predicted octanol–water partition coefficient (Wildman–Crippen LogP) is 4.33. The monoisotopic (exact) mass is 368 g/mol. The minimum atomic E-state index is 0.427. The van der Waals surface area contributed by atoms with Crippen molar-refractivity contribution < 1.29 is 0 Å². The van der Waals surface area contributed by atoms with Crippen molar-refractivity contribution in [3.05, 3.63) is 39.0 Å². The topological polar surface area (TPSA) is 43.6 Å². The van der Waals surface area contributed by atoms with E-state index in [1.54, 1.807) is 28.3 Å². The summed E-state index contributed by atoms with van der Waals surface area (Å²) in [6.45, 7) is 2.05. The molecule has 0 saturated carbocycles. The van der Waals surface area contributed by atoms with Crippen molar-refractivity contribution in [2.75, 3.05) is 0 Å². The van der Waals surface area contributed by atoms with Crippen LogP contribution in [-0.2, 0) is 7.05 Å². The Morgan fingerprint density at radius 2 is 2.10 bits per heavy atom. The van der Waals surface area contributed by atoms with Gasteiger partial charge in [0.25, 0.3) is 0 Å². The summed E-state index contributed by atoms with van der Waals surface area (Å²) in [5.41, 5.74) is 1.70. The number of aryl methyl sites for hydroxylation is 2. The zero-order valence-corrected chi connectivity index (χ0v) is 13.9. The van der Waals surface area contributed by atoms with E-state index in [-0.39, 0.29) is 0 Å². The van der Waals surface area contributed by atoms with Crippen LogP contribution in [0.4, 0.5) is 0 Å². The second-order valence-electron chi connectivity index (χ2n) is 4.32. The molecule has 0 aliphatic carbocycles. The highest BCUT2D eigenvalue weighted by molar-refractivity contribution is 9.10. The molecule has 0 amide bonds. The molecule has 20 heavy (non-hydrogen) atoms. The zero-order valence-electron chi connectivity index (χ0n) is 10.8. The van der Waals surface area contributed by atoms with Gasteiger partial charge in [-0.2, -0.15) is 5.10 Å². The Bertz CT molecular complexity index is 761. The second-order valence-corrected chi connectivity index (χ2v) is 6.81. The number of nitrogens with zero attached hydrogens (tertiary/aromatic N) is 4. The van der Waals surface area contributed by atoms with Gasteiger partial charge in [-0.3, -0.25) is 4.68 Å². The minimum Gasteiger partial charge on any atom is -0.275 e. The Labute approximate surface area is 133 Å². The van der Waals surface area contributed by atoms with Crippen LogP contribution in [0.2, 0.25) is 5.15 Å². The first-order valence-electron chi connectivity index (χ1n) is 5.83. The summed E-state index contributed by atoms with van der Waals surface area (Å²) < 4.78 is 2.79. The molecule has 0 aliphatic heterocycles. The van der Waals surface area contributed by atoms with Crippen molar-refractivity contribution >= 4 is 38.9 Å². The van der Waals surface area contributed by atoms with Crippen LogP contribution in [0.25, 0.3) is 22.0 Å². The normalized spacial score (nSPS) is 11.0. The van der Waals surface area contributed by atoms with E-state index in [1.807, 2.05) is 26.2 Å². The molecule has 0 radical (unpaired) electrons. The maximum atomic E-state index is 6.12. The fourth-order valence-electron chi connectivity index (χ4n) is 1.80. The molecule has 0 atom stereocenters. The first-order valence-corrected chi connectivity index (χ1v) is 7.81. The summed E-state index contributed by atoms with van der Waals surface area (Å²) >= 11 is 11.3. The van der Waals surface area contributed by atoms with E-state index in [9.17, 15) is 0 Å². The Hall–Kier alpha value is -1.24. The summed E-state index contributed by atoms with van der Waals surface area (Å²) in [7, 11) is 1.87. The first kappa shape index (κ1) is 13.7. The summed E-state index contributed by atoms with van der Waals surface area (Å²) in [5, 5.41) is 4.58. The molecule has 102 valence electrons. The molecule has 0 aliphatic rings. The molecule has 0 N–H and O–H groups in total. The summed E-state index contributed by atoms with van der Waals surface area (Å²) in [6, 6.07) is 3.76. The number of aromatic nitrogens is 4. The lowest BCUT2D eigenvalue weighted by atomic mass is 10.2. The first-order chi connectivity index (χ1) is 9.52. The van der Waals surface area contributed by atoms with E-state index in [0.29, 0.717) is 11.0 Å². The van der Waals surface area contributed by atoms with Crippen LogP contribution in [0.3, 0.4) is 0 Å². The molecular weight excluding hydrogens is 360 g/mol. The molecule has 0 unspecified atom stereocenters. The van der Waals surface area contributed by atoms with Gasteiger partial charge in [0.15, 0.2) is 5.82 Å². The number of halogens is 2. The van der Waals surface area contributed by atoms with E-state index in [0.717, 1.165) is 20.6 Å². The summed E-state index contributed by atoms with van der Waals surface area (Å²) in [4.78, 5) is 11.1.